The lowest BCUT2D eigenvalue weighted by molar-refractivity contribution is -0.137. The number of alkyl halides is 3. The second kappa shape index (κ2) is 5.34. The minimum atomic E-state index is -4.31. The number of halogens is 3. The van der Waals surface area contributed by atoms with Crippen molar-refractivity contribution in [3.8, 4) is 5.69 Å². The average Bonchev–Trinajstić information content (AvgIpc) is 3.01. The number of anilines is 1. The molecule has 3 rings (SSSR count). The molecule has 0 fully saturated rings. The third-order valence-electron chi connectivity index (χ3n) is 3.77. The predicted octanol–water partition coefficient (Wildman–Crippen LogP) is 4.06. The van der Waals surface area contributed by atoms with Crippen LogP contribution in [-0.2, 0) is 19.0 Å². The molecular weight excluding hydrogens is 291 g/mol. The van der Waals surface area contributed by atoms with Crippen LogP contribution in [0.5, 0.6) is 0 Å². The average molecular weight is 309 g/mol. The Morgan fingerprint density at radius 1 is 1.23 bits per heavy atom. The Morgan fingerprint density at radius 3 is 2.50 bits per heavy atom. The molecule has 1 aromatic heterocycles. The van der Waals surface area contributed by atoms with Gasteiger partial charge in [0.2, 0.25) is 0 Å². The van der Waals surface area contributed by atoms with Gasteiger partial charge in [0.05, 0.1) is 16.9 Å². The van der Waals surface area contributed by atoms with E-state index in [1.165, 1.54) is 17.7 Å². The molecule has 3 nitrogen and oxygen atoms in total. The van der Waals surface area contributed by atoms with Crippen molar-refractivity contribution in [1.29, 1.82) is 0 Å². The summed E-state index contributed by atoms with van der Waals surface area (Å²) in [5.74, 6) is 1.40. The minimum Gasteiger partial charge on any atom is -0.369 e. The fourth-order valence-electron chi connectivity index (χ4n) is 2.77. The first-order valence-corrected chi connectivity index (χ1v) is 7.38. The SMILES string of the molecule is CC(C)Cc1nn(-c2ccc(C(F)(F)F)cc2)c2c1CCN2. The molecule has 0 saturated carbocycles. The molecule has 2 heterocycles. The summed E-state index contributed by atoms with van der Waals surface area (Å²) >= 11 is 0. The van der Waals surface area contributed by atoms with Crippen LogP contribution in [0.15, 0.2) is 24.3 Å². The molecule has 1 aliphatic rings. The van der Waals surface area contributed by atoms with Crippen molar-refractivity contribution in [2.75, 3.05) is 11.9 Å². The Bertz CT molecular complexity index is 669. The molecule has 0 bridgehead atoms. The molecule has 1 N–H and O–H groups in total. The van der Waals surface area contributed by atoms with Gasteiger partial charge in [-0.2, -0.15) is 18.3 Å². The number of nitrogens with zero attached hydrogens (tertiary/aromatic N) is 2. The number of fused-ring (bicyclic) bond motifs is 1. The number of rotatable bonds is 3. The van der Waals surface area contributed by atoms with Crippen molar-refractivity contribution in [3.63, 3.8) is 0 Å². The third-order valence-corrected chi connectivity index (χ3v) is 3.77. The molecule has 22 heavy (non-hydrogen) atoms. The lowest BCUT2D eigenvalue weighted by Crippen LogP contribution is -2.08. The van der Waals surface area contributed by atoms with Gasteiger partial charge in [0.15, 0.2) is 0 Å². The summed E-state index contributed by atoms with van der Waals surface area (Å²) in [6.07, 6.45) is -2.53. The van der Waals surface area contributed by atoms with Crippen molar-refractivity contribution in [1.82, 2.24) is 9.78 Å². The van der Waals surface area contributed by atoms with Crippen LogP contribution >= 0.6 is 0 Å². The van der Waals surface area contributed by atoms with Crippen LogP contribution in [-0.4, -0.2) is 16.3 Å². The van der Waals surface area contributed by atoms with Crippen LogP contribution < -0.4 is 5.32 Å². The molecule has 2 aromatic rings. The summed E-state index contributed by atoms with van der Waals surface area (Å²) in [6.45, 7) is 5.11. The Labute approximate surface area is 127 Å². The first-order valence-electron chi connectivity index (χ1n) is 7.38. The van der Waals surface area contributed by atoms with Crippen molar-refractivity contribution in [3.05, 3.63) is 41.1 Å². The van der Waals surface area contributed by atoms with Crippen LogP contribution in [0.25, 0.3) is 5.69 Å². The van der Waals surface area contributed by atoms with Crippen LogP contribution in [0.2, 0.25) is 0 Å². The number of nitrogens with one attached hydrogen (secondary N) is 1. The standard InChI is InChI=1S/C16H18F3N3/c1-10(2)9-14-13-7-8-20-15(13)22(21-14)12-5-3-11(4-6-12)16(17,18)19/h3-6,10,20H,7-9H2,1-2H3. The summed E-state index contributed by atoms with van der Waals surface area (Å²) in [7, 11) is 0. The molecule has 0 radical (unpaired) electrons. The van der Waals surface area contributed by atoms with E-state index >= 15 is 0 Å². The normalized spacial score (nSPS) is 14.3. The van der Waals surface area contributed by atoms with Crippen molar-refractivity contribution in [2.45, 2.75) is 32.9 Å². The zero-order chi connectivity index (χ0) is 15.9. The monoisotopic (exact) mass is 309 g/mol. The fourth-order valence-corrected chi connectivity index (χ4v) is 2.77. The number of aromatic nitrogens is 2. The quantitative estimate of drug-likeness (QED) is 0.926. The van der Waals surface area contributed by atoms with Gasteiger partial charge in [-0.05, 0) is 43.0 Å². The zero-order valence-corrected chi connectivity index (χ0v) is 12.5. The van der Waals surface area contributed by atoms with E-state index in [1.54, 1.807) is 4.68 Å². The molecule has 0 atom stereocenters. The van der Waals surface area contributed by atoms with E-state index in [4.69, 9.17) is 0 Å². The third kappa shape index (κ3) is 2.69. The largest absolute Gasteiger partial charge is 0.416 e. The van der Waals surface area contributed by atoms with Gasteiger partial charge in [0, 0.05) is 12.1 Å². The maximum Gasteiger partial charge on any atom is 0.416 e. The maximum absolute atomic E-state index is 12.7. The van der Waals surface area contributed by atoms with Gasteiger partial charge >= 0.3 is 6.18 Å². The Morgan fingerprint density at radius 2 is 1.91 bits per heavy atom. The molecule has 0 amide bonds. The van der Waals surface area contributed by atoms with Gasteiger partial charge in [0.1, 0.15) is 5.82 Å². The van der Waals surface area contributed by atoms with E-state index in [0.29, 0.717) is 11.6 Å². The van der Waals surface area contributed by atoms with E-state index in [0.717, 1.165) is 43.0 Å². The predicted molar refractivity (Wildman–Crippen MR) is 79.3 cm³/mol. The van der Waals surface area contributed by atoms with E-state index in [1.807, 2.05) is 0 Å². The Kier molecular flexibility index (Phi) is 3.62. The van der Waals surface area contributed by atoms with Crippen LogP contribution in [0, 0.1) is 5.92 Å². The van der Waals surface area contributed by atoms with Crippen LogP contribution in [0.4, 0.5) is 19.0 Å². The smallest absolute Gasteiger partial charge is 0.369 e. The lowest BCUT2D eigenvalue weighted by atomic mass is 10.0. The van der Waals surface area contributed by atoms with E-state index in [2.05, 4.69) is 24.3 Å². The maximum atomic E-state index is 12.7. The van der Waals surface area contributed by atoms with E-state index < -0.39 is 11.7 Å². The van der Waals surface area contributed by atoms with Gasteiger partial charge in [-0.15, -0.1) is 0 Å². The number of hydrogen-bond donors (Lipinski definition) is 1. The molecule has 0 saturated heterocycles. The van der Waals surface area contributed by atoms with Crippen molar-refractivity contribution >= 4 is 5.82 Å². The highest BCUT2D eigenvalue weighted by atomic mass is 19.4. The molecular formula is C16H18F3N3. The lowest BCUT2D eigenvalue weighted by Gasteiger charge is -2.09. The van der Waals surface area contributed by atoms with Crippen molar-refractivity contribution in [2.24, 2.45) is 5.92 Å². The minimum absolute atomic E-state index is 0.487. The van der Waals surface area contributed by atoms with Crippen molar-refractivity contribution < 1.29 is 13.2 Å². The van der Waals surface area contributed by atoms with Gasteiger partial charge < -0.3 is 5.32 Å². The van der Waals surface area contributed by atoms with Gasteiger partial charge in [-0.3, -0.25) is 0 Å². The first kappa shape index (κ1) is 14.9. The van der Waals surface area contributed by atoms with Crippen LogP contribution in [0.3, 0.4) is 0 Å². The van der Waals surface area contributed by atoms with Gasteiger partial charge in [-0.25, -0.2) is 4.68 Å². The summed E-state index contributed by atoms with van der Waals surface area (Å²) in [6, 6.07) is 5.13. The van der Waals surface area contributed by atoms with Crippen LogP contribution in [0.1, 0.15) is 30.7 Å². The fraction of sp³-hybridized carbons (Fsp3) is 0.438. The first-order chi connectivity index (χ1) is 10.4. The highest BCUT2D eigenvalue weighted by molar-refractivity contribution is 5.57. The Balaban J connectivity index is 1.98. The Hall–Kier alpha value is -1.98. The molecule has 6 heteroatoms. The zero-order valence-electron chi connectivity index (χ0n) is 12.5. The molecule has 0 aliphatic carbocycles. The summed E-state index contributed by atoms with van der Waals surface area (Å²) in [4.78, 5) is 0. The van der Waals surface area contributed by atoms with E-state index in [9.17, 15) is 13.2 Å². The highest BCUT2D eigenvalue weighted by Gasteiger charge is 2.30. The molecule has 1 aliphatic heterocycles. The second-order valence-electron chi connectivity index (χ2n) is 6.01. The highest BCUT2D eigenvalue weighted by Crippen LogP contribution is 2.32. The summed E-state index contributed by atoms with van der Waals surface area (Å²) in [5, 5.41) is 7.89. The molecule has 0 unspecified atom stereocenters. The summed E-state index contributed by atoms with van der Waals surface area (Å²) in [5.41, 5.74) is 2.23. The molecule has 0 spiro atoms. The van der Waals surface area contributed by atoms with Gasteiger partial charge in [0.25, 0.3) is 0 Å². The topological polar surface area (TPSA) is 29.9 Å². The number of benzene rings is 1. The summed E-state index contributed by atoms with van der Waals surface area (Å²) < 4.78 is 39.7. The molecule has 118 valence electrons. The second-order valence-corrected chi connectivity index (χ2v) is 6.01. The molecule has 1 aromatic carbocycles. The number of hydrogen-bond acceptors (Lipinski definition) is 2. The van der Waals surface area contributed by atoms with E-state index in [-0.39, 0.29) is 0 Å². The van der Waals surface area contributed by atoms with Gasteiger partial charge in [-0.1, -0.05) is 13.8 Å².